The number of hydrogen-bond acceptors (Lipinski definition) is 3. The fourth-order valence-corrected chi connectivity index (χ4v) is 1.48. The molecule has 98 valence electrons. The monoisotopic (exact) mass is 250 g/mol. The average molecular weight is 250 g/mol. The molecule has 0 spiro atoms. The Bertz CT molecular complexity index is 406. The molecule has 0 aliphatic rings. The molecular formula is C14H18O4. The molecule has 1 aromatic rings. The highest BCUT2D eigenvalue weighted by Gasteiger charge is 2.08. The van der Waals surface area contributed by atoms with Crippen LogP contribution in [0.1, 0.15) is 37.0 Å². The molecule has 0 fully saturated rings. The Labute approximate surface area is 107 Å². The Kier molecular flexibility index (Phi) is 5.36. The van der Waals surface area contributed by atoms with E-state index >= 15 is 0 Å². The first-order valence-electron chi connectivity index (χ1n) is 5.97. The minimum absolute atomic E-state index is 0.0337. The molecule has 0 saturated carbocycles. The predicted octanol–water partition coefficient (Wildman–Crippen LogP) is 2.77. The molecule has 1 aromatic carbocycles. The van der Waals surface area contributed by atoms with E-state index in [0.29, 0.717) is 23.7 Å². The maximum absolute atomic E-state index is 11.8. The van der Waals surface area contributed by atoms with Crippen molar-refractivity contribution in [3.05, 3.63) is 29.8 Å². The number of carbonyl (C=O) groups is 2. The van der Waals surface area contributed by atoms with E-state index in [-0.39, 0.29) is 18.8 Å². The second-order valence-electron chi connectivity index (χ2n) is 4.54. The zero-order chi connectivity index (χ0) is 13.5. The molecule has 18 heavy (non-hydrogen) atoms. The molecule has 0 bridgehead atoms. The fraction of sp³-hybridized carbons (Fsp3) is 0.429. The van der Waals surface area contributed by atoms with E-state index < -0.39 is 5.97 Å². The molecule has 0 saturated heterocycles. The van der Waals surface area contributed by atoms with Crippen LogP contribution in [0.5, 0.6) is 5.75 Å². The molecule has 0 amide bonds. The largest absolute Gasteiger partial charge is 0.493 e. The van der Waals surface area contributed by atoms with E-state index in [1.165, 1.54) is 0 Å². The lowest BCUT2D eigenvalue weighted by molar-refractivity contribution is -0.137. The third-order valence-electron chi connectivity index (χ3n) is 2.35. The number of hydrogen-bond donors (Lipinski definition) is 1. The van der Waals surface area contributed by atoms with Crippen molar-refractivity contribution in [2.24, 2.45) is 5.92 Å². The summed E-state index contributed by atoms with van der Waals surface area (Å²) in [5, 5.41) is 8.47. The van der Waals surface area contributed by atoms with Crippen LogP contribution in [0.25, 0.3) is 0 Å². The molecule has 4 heteroatoms. The highest BCUT2D eigenvalue weighted by molar-refractivity contribution is 5.96. The molecule has 4 nitrogen and oxygen atoms in total. The third kappa shape index (κ3) is 4.99. The van der Waals surface area contributed by atoms with Crippen molar-refractivity contribution in [2.75, 3.05) is 6.61 Å². The molecule has 0 unspecified atom stereocenters. The highest BCUT2D eigenvalue weighted by Crippen LogP contribution is 2.15. The van der Waals surface area contributed by atoms with Crippen LogP contribution in [0.15, 0.2) is 24.3 Å². The van der Waals surface area contributed by atoms with Crippen LogP contribution in [0, 0.1) is 5.92 Å². The number of aliphatic carboxylic acids is 1. The molecule has 0 aliphatic carbocycles. The lowest BCUT2D eigenvalue weighted by Crippen LogP contribution is -2.05. The maximum atomic E-state index is 11.8. The zero-order valence-electron chi connectivity index (χ0n) is 10.7. The van der Waals surface area contributed by atoms with E-state index in [4.69, 9.17) is 9.84 Å². The SMILES string of the molecule is CC(C)CC(=O)c1ccc(OCCC(=O)O)cc1. The molecular weight excluding hydrogens is 232 g/mol. The van der Waals surface area contributed by atoms with Crippen LogP contribution >= 0.6 is 0 Å². The van der Waals surface area contributed by atoms with Crippen molar-refractivity contribution >= 4 is 11.8 Å². The minimum Gasteiger partial charge on any atom is -0.493 e. The topological polar surface area (TPSA) is 63.6 Å². The molecule has 1 N–H and O–H groups in total. The normalized spacial score (nSPS) is 10.4. The van der Waals surface area contributed by atoms with Crippen molar-refractivity contribution < 1.29 is 19.4 Å². The number of ketones is 1. The van der Waals surface area contributed by atoms with E-state index in [1.54, 1.807) is 24.3 Å². The van der Waals surface area contributed by atoms with Crippen molar-refractivity contribution in [1.82, 2.24) is 0 Å². The summed E-state index contributed by atoms with van der Waals surface area (Å²) in [6.45, 7) is 4.14. The maximum Gasteiger partial charge on any atom is 0.306 e. The van der Waals surface area contributed by atoms with Crippen LogP contribution in [-0.2, 0) is 4.79 Å². The number of ether oxygens (including phenoxy) is 1. The van der Waals surface area contributed by atoms with Gasteiger partial charge in [-0.2, -0.15) is 0 Å². The second kappa shape index (κ2) is 6.79. The highest BCUT2D eigenvalue weighted by atomic mass is 16.5. The van der Waals surface area contributed by atoms with Gasteiger partial charge in [0.05, 0.1) is 13.0 Å². The first-order valence-corrected chi connectivity index (χ1v) is 5.97. The van der Waals surface area contributed by atoms with Gasteiger partial charge >= 0.3 is 5.97 Å². The number of carboxylic acid groups (broad SMARTS) is 1. The molecule has 0 atom stereocenters. The van der Waals surface area contributed by atoms with Gasteiger partial charge in [-0.05, 0) is 30.2 Å². The van der Waals surface area contributed by atoms with Gasteiger partial charge in [0, 0.05) is 12.0 Å². The van der Waals surface area contributed by atoms with E-state index in [9.17, 15) is 9.59 Å². The summed E-state index contributed by atoms with van der Waals surface area (Å²) in [5.41, 5.74) is 0.661. The number of carbonyl (C=O) groups excluding carboxylic acids is 1. The van der Waals surface area contributed by atoms with Crippen molar-refractivity contribution in [3.63, 3.8) is 0 Å². The molecule has 1 rings (SSSR count). The van der Waals surface area contributed by atoms with Gasteiger partial charge in [0.2, 0.25) is 0 Å². The quantitative estimate of drug-likeness (QED) is 0.756. The Morgan fingerprint density at radius 3 is 2.33 bits per heavy atom. The summed E-state index contributed by atoms with van der Waals surface area (Å²) in [4.78, 5) is 22.1. The summed E-state index contributed by atoms with van der Waals surface area (Å²) < 4.78 is 5.24. The number of rotatable bonds is 7. The van der Waals surface area contributed by atoms with E-state index in [1.807, 2.05) is 13.8 Å². The molecule has 0 radical (unpaired) electrons. The Morgan fingerprint density at radius 2 is 1.83 bits per heavy atom. The Hall–Kier alpha value is -1.84. The average Bonchev–Trinajstić information content (AvgIpc) is 2.28. The predicted molar refractivity (Wildman–Crippen MR) is 68.0 cm³/mol. The van der Waals surface area contributed by atoms with Gasteiger partial charge in [-0.1, -0.05) is 13.8 Å². The standard InChI is InChI=1S/C14H18O4/c1-10(2)9-13(15)11-3-5-12(6-4-11)18-8-7-14(16)17/h3-6,10H,7-9H2,1-2H3,(H,16,17). The van der Waals surface area contributed by atoms with Gasteiger partial charge in [0.1, 0.15) is 5.75 Å². The third-order valence-corrected chi connectivity index (χ3v) is 2.35. The van der Waals surface area contributed by atoms with Gasteiger partial charge in [-0.25, -0.2) is 0 Å². The Morgan fingerprint density at radius 1 is 1.22 bits per heavy atom. The lowest BCUT2D eigenvalue weighted by Gasteiger charge is -2.06. The summed E-state index contributed by atoms with van der Waals surface area (Å²) in [5.74, 6) is 0.141. The van der Waals surface area contributed by atoms with E-state index in [2.05, 4.69) is 0 Å². The van der Waals surface area contributed by atoms with Gasteiger partial charge in [0.25, 0.3) is 0 Å². The van der Waals surface area contributed by atoms with Crippen molar-refractivity contribution in [2.45, 2.75) is 26.7 Å². The van der Waals surface area contributed by atoms with Crippen molar-refractivity contribution in [3.8, 4) is 5.75 Å². The van der Waals surface area contributed by atoms with Gasteiger partial charge in [-0.3, -0.25) is 9.59 Å². The number of Topliss-reactive ketones (excluding diaryl/α,β-unsaturated/α-hetero) is 1. The van der Waals surface area contributed by atoms with Crippen LogP contribution in [0.4, 0.5) is 0 Å². The van der Waals surface area contributed by atoms with Gasteiger partial charge < -0.3 is 9.84 Å². The zero-order valence-corrected chi connectivity index (χ0v) is 10.7. The minimum atomic E-state index is -0.890. The molecule has 0 aromatic heterocycles. The molecule has 0 aliphatic heterocycles. The first-order chi connectivity index (χ1) is 8.49. The van der Waals surface area contributed by atoms with Gasteiger partial charge in [0.15, 0.2) is 5.78 Å². The van der Waals surface area contributed by atoms with Crippen molar-refractivity contribution in [1.29, 1.82) is 0 Å². The molecule has 0 heterocycles. The van der Waals surface area contributed by atoms with Crippen LogP contribution in [0.2, 0.25) is 0 Å². The first kappa shape index (κ1) is 14.2. The van der Waals surface area contributed by atoms with E-state index in [0.717, 1.165) is 0 Å². The van der Waals surface area contributed by atoms with Crippen LogP contribution < -0.4 is 4.74 Å². The Balaban J connectivity index is 2.52. The fourth-order valence-electron chi connectivity index (χ4n) is 1.48. The van der Waals surface area contributed by atoms with Crippen LogP contribution in [-0.4, -0.2) is 23.5 Å². The smallest absolute Gasteiger partial charge is 0.306 e. The van der Waals surface area contributed by atoms with Crippen LogP contribution in [0.3, 0.4) is 0 Å². The number of carboxylic acids is 1. The summed E-state index contributed by atoms with van der Waals surface area (Å²) >= 11 is 0. The number of benzene rings is 1. The summed E-state index contributed by atoms with van der Waals surface area (Å²) in [6.07, 6.45) is 0.493. The lowest BCUT2D eigenvalue weighted by atomic mass is 10.0. The van der Waals surface area contributed by atoms with Gasteiger partial charge in [-0.15, -0.1) is 0 Å². The summed E-state index contributed by atoms with van der Waals surface area (Å²) in [7, 11) is 0. The second-order valence-corrected chi connectivity index (χ2v) is 4.54. The summed E-state index contributed by atoms with van der Waals surface area (Å²) in [6, 6.07) is 6.80.